The van der Waals surface area contributed by atoms with Crippen molar-refractivity contribution in [2.45, 2.75) is 121 Å². The highest BCUT2D eigenvalue weighted by Gasteiger charge is 2.54. The maximum Gasteiger partial charge on any atom is 0.279 e. The highest BCUT2D eigenvalue weighted by molar-refractivity contribution is 8.09. The molecule has 6 heterocycles. The van der Waals surface area contributed by atoms with Crippen LogP contribution in [-0.4, -0.2) is 114 Å². The quantitative estimate of drug-likeness (QED) is 0.0173. The fourth-order valence-electron chi connectivity index (χ4n) is 10.8. The largest absolute Gasteiger partial charge is 0.408 e. The Balaban J connectivity index is 1.05. The lowest BCUT2D eigenvalue weighted by atomic mass is 9.75. The minimum Gasteiger partial charge on any atom is -0.408 e. The van der Waals surface area contributed by atoms with E-state index in [4.69, 9.17) is 39.7 Å². The van der Waals surface area contributed by atoms with Crippen molar-refractivity contribution in [3.8, 4) is 6.07 Å². The van der Waals surface area contributed by atoms with E-state index in [0.29, 0.717) is 16.7 Å². The summed E-state index contributed by atoms with van der Waals surface area (Å²) in [6, 6.07) is 39.9. The maximum atomic E-state index is 13.7. The Kier molecular flexibility index (Phi) is 18.3. The molecule has 10 rings (SSSR count). The Labute approximate surface area is 499 Å². The van der Waals surface area contributed by atoms with E-state index in [9.17, 15) is 24.8 Å². The Hall–Kier alpha value is -7.04. The number of hydrogen-bond donors (Lipinski definition) is 5. The first-order valence-electron chi connectivity index (χ1n) is 28.4. The van der Waals surface area contributed by atoms with Crippen molar-refractivity contribution in [2.75, 3.05) is 25.1 Å². The average molecular weight is 1210 g/mol. The second-order valence-corrected chi connectivity index (χ2v) is 31.2. The molecule has 85 heavy (non-hydrogen) atoms. The van der Waals surface area contributed by atoms with Gasteiger partial charge in [-0.2, -0.15) is 5.26 Å². The number of anilines is 1. The number of hydrogen-bond acceptors (Lipinski definition) is 17. The van der Waals surface area contributed by atoms with Gasteiger partial charge in [0.15, 0.2) is 42.7 Å². The monoisotopic (exact) mass is 1210 g/mol. The molecule has 2 aliphatic heterocycles. The van der Waals surface area contributed by atoms with Crippen LogP contribution in [0.5, 0.6) is 0 Å². The summed E-state index contributed by atoms with van der Waals surface area (Å²) in [7, 11) is -2.74. The summed E-state index contributed by atoms with van der Waals surface area (Å²) in [6.45, 7) is 11.6. The third-order valence-electron chi connectivity index (χ3n) is 16.3. The number of rotatable bonds is 23. The number of aromatic nitrogens is 8. The van der Waals surface area contributed by atoms with Crippen LogP contribution in [0.15, 0.2) is 145 Å². The molecule has 0 spiro atoms. The Morgan fingerprint density at radius 1 is 0.812 bits per heavy atom. The molecule has 0 saturated carbocycles. The molecule has 4 aromatic heterocycles. The van der Waals surface area contributed by atoms with Gasteiger partial charge < -0.3 is 38.4 Å². The molecule has 2 aliphatic rings. The summed E-state index contributed by atoms with van der Waals surface area (Å²) in [5, 5.41) is 31.5. The molecule has 24 heteroatoms. The van der Waals surface area contributed by atoms with Crippen LogP contribution in [0.2, 0.25) is 18.1 Å². The number of aliphatic hydroxyl groups excluding tert-OH is 1. The zero-order chi connectivity index (χ0) is 60.3. The van der Waals surface area contributed by atoms with Crippen molar-refractivity contribution in [1.29, 1.82) is 5.26 Å². The first-order valence-corrected chi connectivity index (χ1v) is 33.9. The standard InChI is InChI=1S/C61H71N12O9PSSi/c1-38(2)44(75)32-47-67-55-51(57(77)68-47)66-37-73(55)58-39(3)48(70-61(41-24-15-10-16-25-41,42-26-17-11-18-27-42)43-28-19-12-20-29-43)46(81-58)34-79-83(84,78-31-21-30-62)71-49-45(33-74)80-59(52(49)82-85(7,8)60(4,5)6)72-36-65-50-53(63-35-64-54(50)72)69-56(76)40-22-13-9-14-23-40/h9-20,22-29,35-39,45-46,48-49,52,58-59,70,74H,21,31-34H2,1-8H3,(H,71,84)(H,67,68,77)(H,63,64,69,76)/t39-,45-,46-,48+,49-,52-,58-,59-,83?/m1/s1. The fourth-order valence-corrected chi connectivity index (χ4v) is 14.4. The number of nitrogens with one attached hydrogen (secondary N) is 4. The first-order chi connectivity index (χ1) is 40.8. The lowest BCUT2D eigenvalue weighted by Crippen LogP contribution is -2.55. The van der Waals surface area contributed by atoms with Gasteiger partial charge in [0.1, 0.15) is 36.4 Å². The van der Waals surface area contributed by atoms with Gasteiger partial charge in [-0.05, 0) is 58.8 Å². The smallest absolute Gasteiger partial charge is 0.279 e. The van der Waals surface area contributed by atoms with Gasteiger partial charge in [-0.25, -0.2) is 30.0 Å². The number of ether oxygens (including phenoxy) is 2. The van der Waals surface area contributed by atoms with E-state index in [-0.39, 0.29) is 71.5 Å². The van der Waals surface area contributed by atoms with Crippen molar-refractivity contribution in [3.05, 3.63) is 179 Å². The van der Waals surface area contributed by atoms with Crippen LogP contribution in [0.1, 0.15) is 93.3 Å². The number of carbonyl (C=O) groups excluding carboxylic acids is 2. The number of nitrogens with zero attached hydrogens (tertiary/aromatic N) is 8. The van der Waals surface area contributed by atoms with Gasteiger partial charge in [-0.15, -0.1) is 0 Å². The van der Waals surface area contributed by atoms with Crippen molar-refractivity contribution >= 4 is 66.6 Å². The highest BCUT2D eigenvalue weighted by Crippen LogP contribution is 2.51. The summed E-state index contributed by atoms with van der Waals surface area (Å²) in [5.41, 5.74) is 2.70. The number of Topliss-reactive ketones (excluding diaryl/α,β-unsaturated/α-hetero) is 1. The molecule has 8 aromatic rings. The summed E-state index contributed by atoms with van der Waals surface area (Å²) in [5.74, 6) is -0.804. The van der Waals surface area contributed by atoms with Crippen LogP contribution in [0, 0.1) is 23.2 Å². The van der Waals surface area contributed by atoms with E-state index in [2.05, 4.69) is 117 Å². The Morgan fingerprint density at radius 3 is 1.96 bits per heavy atom. The van der Waals surface area contributed by atoms with Gasteiger partial charge in [0.2, 0.25) is 0 Å². The molecule has 4 aromatic carbocycles. The number of ketones is 1. The first kappa shape index (κ1) is 61.1. The molecule has 0 aliphatic carbocycles. The predicted molar refractivity (Wildman–Crippen MR) is 327 cm³/mol. The second kappa shape index (κ2) is 25.5. The number of H-pyrrole nitrogens is 1. The van der Waals surface area contributed by atoms with Crippen LogP contribution >= 0.6 is 6.64 Å². The number of aromatic amines is 1. The number of carbonyl (C=O) groups is 2. The SMILES string of the molecule is CC(C)C(=O)Cc1nc2c(ncn2[C@@H]2O[C@H](COP(=S)(N[C@H]3[C@@H](O[Si](C)(C)C(C)(C)C)[C@H](n4cnc5c(NC(=O)c6ccccc6)ncnc54)O[C@@H]3CO)OCCC#N)[C@@H](NC(c3ccccc3)(c3ccccc3)c3ccccc3)[C@H]2C)c(=O)[nH]1. The van der Waals surface area contributed by atoms with E-state index < -0.39 is 81.4 Å². The molecule has 0 radical (unpaired) electrons. The van der Waals surface area contributed by atoms with Crippen LogP contribution in [0.4, 0.5) is 5.82 Å². The third-order valence-corrected chi connectivity index (χ3v) is 23.4. The average Bonchev–Trinajstić information content (AvgIpc) is 3.62. The zero-order valence-corrected chi connectivity index (χ0v) is 51.4. The van der Waals surface area contributed by atoms with Crippen LogP contribution < -0.4 is 21.3 Å². The normalized spacial score (nSPS) is 21.8. The van der Waals surface area contributed by atoms with Gasteiger partial charge in [-0.1, -0.05) is 151 Å². The molecule has 1 unspecified atom stereocenters. The topological polar surface area (TPSA) is 268 Å². The lowest BCUT2D eigenvalue weighted by Gasteiger charge is -2.42. The maximum absolute atomic E-state index is 13.7. The van der Waals surface area contributed by atoms with Gasteiger partial charge in [0.05, 0.1) is 69.1 Å². The lowest BCUT2D eigenvalue weighted by molar-refractivity contribution is -0.121. The molecule has 444 valence electrons. The molecular formula is C61H71N12O9PSSi. The Bertz CT molecular complexity index is 3690. The summed E-state index contributed by atoms with van der Waals surface area (Å²) < 4.78 is 38.4. The number of nitriles is 1. The zero-order valence-electron chi connectivity index (χ0n) is 48.7. The van der Waals surface area contributed by atoms with Crippen molar-refractivity contribution in [1.82, 2.24) is 49.4 Å². The van der Waals surface area contributed by atoms with Gasteiger partial charge in [-0.3, -0.25) is 28.8 Å². The summed E-state index contributed by atoms with van der Waals surface area (Å²) in [6.07, 6.45) is -0.208. The molecule has 2 fully saturated rings. The summed E-state index contributed by atoms with van der Waals surface area (Å²) >= 11 is 6.55. The molecular weight excluding hydrogens is 1140 g/mol. The number of benzene rings is 4. The fraction of sp³-hybridized carbons (Fsp3) is 0.393. The van der Waals surface area contributed by atoms with E-state index in [1.54, 1.807) is 53.6 Å². The van der Waals surface area contributed by atoms with E-state index in [1.165, 1.54) is 12.7 Å². The van der Waals surface area contributed by atoms with Crippen molar-refractivity contribution in [3.63, 3.8) is 0 Å². The van der Waals surface area contributed by atoms with Crippen LogP contribution in [0.3, 0.4) is 0 Å². The van der Waals surface area contributed by atoms with Crippen LogP contribution in [0.25, 0.3) is 22.3 Å². The van der Waals surface area contributed by atoms with Gasteiger partial charge >= 0.3 is 0 Å². The molecule has 5 N–H and O–H groups in total. The summed E-state index contributed by atoms with van der Waals surface area (Å²) in [4.78, 5) is 66.0. The second-order valence-electron chi connectivity index (χ2n) is 23.2. The number of amides is 1. The number of fused-ring (bicyclic) bond motifs is 2. The molecule has 1 amide bonds. The molecule has 9 atom stereocenters. The van der Waals surface area contributed by atoms with E-state index in [1.807, 2.05) is 67.6 Å². The van der Waals surface area contributed by atoms with Gasteiger partial charge in [0, 0.05) is 23.4 Å². The minimum absolute atomic E-state index is 0.0219. The highest BCUT2D eigenvalue weighted by atomic mass is 32.5. The van der Waals surface area contributed by atoms with E-state index in [0.717, 1.165) is 16.7 Å². The van der Waals surface area contributed by atoms with Crippen LogP contribution in [-0.2, 0) is 51.5 Å². The minimum atomic E-state index is -3.81. The van der Waals surface area contributed by atoms with Crippen molar-refractivity contribution in [2.24, 2.45) is 11.8 Å². The predicted octanol–water partition coefficient (Wildman–Crippen LogP) is 8.87. The van der Waals surface area contributed by atoms with Gasteiger partial charge in [0.25, 0.3) is 18.1 Å². The Morgan fingerprint density at radius 2 is 1.39 bits per heavy atom. The molecule has 2 saturated heterocycles. The van der Waals surface area contributed by atoms with Crippen molar-refractivity contribution < 1.29 is 37.6 Å². The molecule has 21 nitrogen and oxygen atoms in total. The van der Waals surface area contributed by atoms with E-state index >= 15 is 0 Å². The number of aliphatic hydroxyl groups is 1. The molecule has 0 bridgehead atoms. The third kappa shape index (κ3) is 12.6. The number of imidazole rings is 2.